The summed E-state index contributed by atoms with van der Waals surface area (Å²) in [5.41, 5.74) is -3.18. The number of aryl methyl sites for hydroxylation is 1. The van der Waals surface area contributed by atoms with Crippen molar-refractivity contribution in [2.45, 2.75) is 56.8 Å². The number of amides is 1. The number of hydrogen-bond donors (Lipinski definition) is 4. The van der Waals surface area contributed by atoms with Gasteiger partial charge in [0, 0.05) is 32.1 Å². The maximum atomic E-state index is 13.6. The maximum absolute atomic E-state index is 13.6. The predicted molar refractivity (Wildman–Crippen MR) is 128 cm³/mol. The van der Waals surface area contributed by atoms with Crippen LogP contribution >= 0.6 is 0 Å². The molecule has 0 aliphatic carbocycles. The SMILES string of the molecule is CCc1cccc(CNC[C@H](O)[C@H](Cc2cc(F)cc(F)c2)NC(=O)CCCNS(=O)(=O)C(F)(F)F)c1. The summed E-state index contributed by atoms with van der Waals surface area (Å²) >= 11 is 0. The van der Waals surface area contributed by atoms with Crippen LogP contribution < -0.4 is 15.4 Å². The second kappa shape index (κ2) is 13.8. The Kier molecular flexibility index (Phi) is 11.4. The molecule has 2 aromatic carbocycles. The zero-order chi connectivity index (χ0) is 27.6. The highest BCUT2D eigenvalue weighted by Crippen LogP contribution is 2.21. The van der Waals surface area contributed by atoms with Gasteiger partial charge in [-0.05, 0) is 48.1 Å². The number of aliphatic hydroxyl groups is 1. The number of carbonyl (C=O) groups is 1. The molecule has 0 unspecified atom stereocenters. The molecule has 0 radical (unpaired) electrons. The van der Waals surface area contributed by atoms with Gasteiger partial charge in [0.2, 0.25) is 5.91 Å². The molecule has 0 aliphatic heterocycles. The van der Waals surface area contributed by atoms with Crippen molar-refractivity contribution >= 4 is 15.9 Å². The molecule has 4 N–H and O–H groups in total. The molecule has 0 heterocycles. The van der Waals surface area contributed by atoms with Crippen LogP contribution in [-0.2, 0) is 34.2 Å². The highest BCUT2D eigenvalue weighted by atomic mass is 32.2. The summed E-state index contributed by atoms with van der Waals surface area (Å²) in [7, 11) is -5.52. The fourth-order valence-corrected chi connectivity index (χ4v) is 4.13. The summed E-state index contributed by atoms with van der Waals surface area (Å²) < 4.78 is 87.8. The minimum Gasteiger partial charge on any atom is -0.390 e. The minimum atomic E-state index is -5.52. The molecule has 2 atom stereocenters. The van der Waals surface area contributed by atoms with E-state index in [0.717, 1.165) is 29.7 Å². The summed E-state index contributed by atoms with van der Waals surface area (Å²) in [6.07, 6.45) is -1.06. The highest BCUT2D eigenvalue weighted by molar-refractivity contribution is 7.90. The number of nitrogens with one attached hydrogen (secondary N) is 3. The molecule has 2 aromatic rings. The van der Waals surface area contributed by atoms with Crippen LogP contribution in [0.4, 0.5) is 22.0 Å². The second-order valence-electron chi connectivity index (χ2n) is 8.47. The van der Waals surface area contributed by atoms with Crippen LogP contribution in [0.2, 0.25) is 0 Å². The third kappa shape index (κ3) is 10.3. The minimum absolute atomic E-state index is 0.0183. The van der Waals surface area contributed by atoms with Crippen molar-refractivity contribution in [2.75, 3.05) is 13.1 Å². The molecule has 0 fully saturated rings. The molecule has 206 valence electrons. The third-order valence-corrected chi connectivity index (χ3v) is 6.64. The van der Waals surface area contributed by atoms with Gasteiger partial charge in [0.05, 0.1) is 12.1 Å². The van der Waals surface area contributed by atoms with Gasteiger partial charge in [0.25, 0.3) is 0 Å². The Morgan fingerprint density at radius 3 is 2.30 bits per heavy atom. The number of rotatable bonds is 14. The van der Waals surface area contributed by atoms with Gasteiger partial charge in [-0.25, -0.2) is 21.9 Å². The van der Waals surface area contributed by atoms with Crippen molar-refractivity contribution < 1.29 is 40.3 Å². The van der Waals surface area contributed by atoms with Gasteiger partial charge >= 0.3 is 15.5 Å². The average molecular weight is 552 g/mol. The quantitative estimate of drug-likeness (QED) is 0.213. The van der Waals surface area contributed by atoms with Gasteiger partial charge in [-0.2, -0.15) is 13.2 Å². The largest absolute Gasteiger partial charge is 0.511 e. The van der Waals surface area contributed by atoms with Crippen molar-refractivity contribution in [3.8, 4) is 0 Å². The average Bonchev–Trinajstić information content (AvgIpc) is 2.80. The van der Waals surface area contributed by atoms with Crippen LogP contribution in [0.5, 0.6) is 0 Å². The molecule has 0 saturated carbocycles. The zero-order valence-corrected chi connectivity index (χ0v) is 20.9. The lowest BCUT2D eigenvalue weighted by molar-refractivity contribution is -0.122. The first kappa shape index (κ1) is 30.6. The van der Waals surface area contributed by atoms with Gasteiger partial charge in [-0.3, -0.25) is 4.79 Å². The van der Waals surface area contributed by atoms with Gasteiger partial charge in [-0.1, -0.05) is 31.2 Å². The Hall–Kier alpha value is -2.61. The fourth-order valence-electron chi connectivity index (χ4n) is 3.55. The van der Waals surface area contributed by atoms with Gasteiger partial charge in [0.1, 0.15) is 11.6 Å². The summed E-state index contributed by atoms with van der Waals surface area (Å²) in [6, 6.07) is 9.60. The molecule has 0 aromatic heterocycles. The lowest BCUT2D eigenvalue weighted by Gasteiger charge is -2.25. The van der Waals surface area contributed by atoms with Crippen LogP contribution in [0.25, 0.3) is 0 Å². The lowest BCUT2D eigenvalue weighted by atomic mass is 10.00. The topological polar surface area (TPSA) is 108 Å². The van der Waals surface area contributed by atoms with Crippen molar-refractivity contribution in [3.63, 3.8) is 0 Å². The van der Waals surface area contributed by atoms with E-state index >= 15 is 0 Å². The zero-order valence-electron chi connectivity index (χ0n) is 20.1. The summed E-state index contributed by atoms with van der Waals surface area (Å²) in [5.74, 6) is -2.34. The van der Waals surface area contributed by atoms with E-state index in [1.54, 1.807) is 0 Å². The third-order valence-electron chi connectivity index (χ3n) is 5.45. The number of benzene rings is 2. The summed E-state index contributed by atoms with van der Waals surface area (Å²) in [4.78, 5) is 12.4. The number of sulfonamides is 1. The van der Waals surface area contributed by atoms with Crippen molar-refractivity contribution in [1.82, 2.24) is 15.4 Å². The van der Waals surface area contributed by atoms with Gasteiger partial charge in [0.15, 0.2) is 0 Å². The van der Waals surface area contributed by atoms with E-state index in [2.05, 4.69) is 10.6 Å². The fraction of sp³-hybridized carbons (Fsp3) is 0.458. The standard InChI is InChI=1S/C24H30F5N3O4S/c1-2-16-5-3-6-17(9-16)14-30-15-22(33)21(12-18-10-19(25)13-20(26)11-18)32-23(34)7-4-8-31-37(35,36)24(27,28)29/h3,5-6,9-11,13,21-22,30-31,33H,2,4,7-8,12,14-15H2,1H3,(H,32,34)/t21-,22-/m0/s1. The molecule has 13 heteroatoms. The van der Waals surface area contributed by atoms with E-state index < -0.39 is 51.8 Å². The molecule has 0 aliphatic rings. The highest BCUT2D eigenvalue weighted by Gasteiger charge is 2.45. The Labute approximate surface area is 212 Å². The first-order valence-corrected chi connectivity index (χ1v) is 13.1. The Balaban J connectivity index is 1.98. The Morgan fingerprint density at radius 1 is 1.03 bits per heavy atom. The lowest BCUT2D eigenvalue weighted by Crippen LogP contribution is -2.48. The van der Waals surface area contributed by atoms with E-state index in [0.29, 0.717) is 12.6 Å². The first-order chi connectivity index (χ1) is 17.3. The molecule has 0 bridgehead atoms. The predicted octanol–water partition coefficient (Wildman–Crippen LogP) is 2.92. The molecule has 0 saturated heterocycles. The van der Waals surface area contributed by atoms with Crippen molar-refractivity contribution in [3.05, 3.63) is 70.8 Å². The molecule has 2 rings (SSSR count). The molecular formula is C24H30F5N3O4S. The number of halogens is 5. The van der Waals surface area contributed by atoms with Crippen LogP contribution in [0.3, 0.4) is 0 Å². The van der Waals surface area contributed by atoms with Gasteiger partial charge < -0.3 is 15.7 Å². The normalized spacial score (nSPS) is 13.8. The van der Waals surface area contributed by atoms with Crippen LogP contribution in [-0.4, -0.2) is 50.2 Å². The van der Waals surface area contributed by atoms with Crippen molar-refractivity contribution in [2.24, 2.45) is 0 Å². The molecule has 1 amide bonds. The Bertz CT molecular complexity index is 1130. The molecule has 7 nitrogen and oxygen atoms in total. The first-order valence-electron chi connectivity index (χ1n) is 11.6. The second-order valence-corrected chi connectivity index (χ2v) is 10.2. The number of alkyl halides is 3. The molecule has 37 heavy (non-hydrogen) atoms. The molecular weight excluding hydrogens is 521 g/mol. The number of aliphatic hydroxyl groups excluding tert-OH is 1. The summed E-state index contributed by atoms with van der Waals surface area (Å²) in [5, 5.41) is 16.3. The van der Waals surface area contributed by atoms with Gasteiger partial charge in [-0.15, -0.1) is 0 Å². The van der Waals surface area contributed by atoms with Crippen LogP contribution in [0.1, 0.15) is 36.5 Å². The van der Waals surface area contributed by atoms with Crippen LogP contribution in [0, 0.1) is 11.6 Å². The Morgan fingerprint density at radius 2 is 1.68 bits per heavy atom. The summed E-state index contributed by atoms with van der Waals surface area (Å²) in [6.45, 7) is 1.82. The smallest absolute Gasteiger partial charge is 0.390 e. The molecule has 0 spiro atoms. The van der Waals surface area contributed by atoms with E-state index in [1.165, 1.54) is 4.72 Å². The van der Waals surface area contributed by atoms with E-state index in [1.807, 2.05) is 31.2 Å². The maximum Gasteiger partial charge on any atom is 0.511 e. The number of hydrogen-bond acceptors (Lipinski definition) is 5. The number of carbonyl (C=O) groups excluding carboxylic acids is 1. The van der Waals surface area contributed by atoms with Crippen molar-refractivity contribution in [1.29, 1.82) is 0 Å². The monoisotopic (exact) mass is 551 g/mol. The van der Waals surface area contributed by atoms with E-state index in [-0.39, 0.29) is 31.4 Å². The van der Waals surface area contributed by atoms with E-state index in [9.17, 15) is 40.3 Å². The van der Waals surface area contributed by atoms with E-state index in [4.69, 9.17) is 0 Å². The van der Waals surface area contributed by atoms with Crippen LogP contribution in [0.15, 0.2) is 42.5 Å².